The summed E-state index contributed by atoms with van der Waals surface area (Å²) in [6.45, 7) is 3.56. The van der Waals surface area contributed by atoms with Crippen molar-refractivity contribution in [2.24, 2.45) is 11.8 Å². The minimum absolute atomic E-state index is 0.0693. The van der Waals surface area contributed by atoms with Gasteiger partial charge in [0.05, 0.1) is 12.4 Å². The number of hydrogen-bond donors (Lipinski definition) is 5. The maximum absolute atomic E-state index is 11.6. The summed E-state index contributed by atoms with van der Waals surface area (Å²) in [5.74, 6) is 2.53. The predicted octanol–water partition coefficient (Wildman–Crippen LogP) is 1.41. The standard InChI is InChI=1S/C29H38O9/c1-2-5-19-8-10-21(11-9-19)37-28-29-18-22(20(12-15-31)13-17-36-29)23(32)6-4-16-35-24(7-3-14-30)26(38-28)25(33)27(29)34/h2,8-11,13,17,20,22-28,30-34H,1,3,5-7,12,14-15,18H2/t20-,22-,23+,24+,25-,26-,27+,28+,29-/m1/s1. The van der Waals surface area contributed by atoms with E-state index in [1.165, 1.54) is 6.26 Å². The van der Waals surface area contributed by atoms with Gasteiger partial charge in [-0.05, 0) is 61.3 Å². The molecule has 1 saturated heterocycles. The van der Waals surface area contributed by atoms with Crippen molar-refractivity contribution in [1.29, 1.82) is 0 Å². The summed E-state index contributed by atoms with van der Waals surface area (Å²) in [4.78, 5) is 0. The van der Waals surface area contributed by atoms with Crippen LogP contribution < -0.4 is 4.74 Å². The number of hydrogen-bond acceptors (Lipinski definition) is 9. The zero-order valence-corrected chi connectivity index (χ0v) is 21.4. The first kappa shape index (κ1) is 28.4. The first-order chi connectivity index (χ1) is 18.4. The Bertz CT molecular complexity index is 1000. The van der Waals surface area contributed by atoms with E-state index in [-0.39, 0.29) is 32.0 Å². The monoisotopic (exact) mass is 530 g/mol. The van der Waals surface area contributed by atoms with Crippen molar-refractivity contribution < 1.29 is 44.5 Å². The molecule has 0 radical (unpaired) electrons. The number of aliphatic hydroxyl groups is 5. The second-order valence-corrected chi connectivity index (χ2v) is 10.1. The van der Waals surface area contributed by atoms with Crippen LogP contribution in [0.3, 0.4) is 0 Å². The topological polar surface area (TPSA) is 138 Å². The minimum Gasteiger partial charge on any atom is -0.486 e. The van der Waals surface area contributed by atoms with Gasteiger partial charge in [0, 0.05) is 26.1 Å². The molecule has 3 bridgehead atoms. The lowest BCUT2D eigenvalue weighted by atomic mass is 9.72. The fraction of sp³-hybridized carbons (Fsp3) is 0.586. The fourth-order valence-electron chi connectivity index (χ4n) is 5.57. The zero-order chi connectivity index (χ0) is 27.1. The largest absolute Gasteiger partial charge is 0.486 e. The van der Waals surface area contributed by atoms with Gasteiger partial charge in [-0.1, -0.05) is 24.1 Å². The maximum Gasteiger partial charge on any atom is 0.243 e. The highest BCUT2D eigenvalue weighted by Gasteiger charge is 2.62. The molecule has 4 aliphatic heterocycles. The van der Waals surface area contributed by atoms with Crippen molar-refractivity contribution in [3.05, 3.63) is 54.8 Å². The van der Waals surface area contributed by atoms with Crippen molar-refractivity contribution in [1.82, 2.24) is 0 Å². The van der Waals surface area contributed by atoms with E-state index in [0.29, 0.717) is 31.4 Å². The van der Waals surface area contributed by atoms with Gasteiger partial charge in [0.2, 0.25) is 6.29 Å². The molecule has 208 valence electrons. The Hall–Kier alpha value is -2.58. The SMILES string of the molecule is C=CCc1ccc(O[C@H]2O[C@H]3[C@@H](O)[C@H](O)[C@]24C[C@@H]([C@@H](O)CC#CO[C@H]3CCCO)[C@H](CCO)C=CO4)cc1. The second kappa shape index (κ2) is 13.0. The molecule has 1 spiro atoms. The Labute approximate surface area is 223 Å². The summed E-state index contributed by atoms with van der Waals surface area (Å²) in [6.07, 6.45) is 2.63. The molecule has 9 nitrogen and oxygen atoms in total. The average Bonchev–Trinajstić information content (AvgIpc) is 3.10. The lowest BCUT2D eigenvalue weighted by Gasteiger charge is -2.51. The molecule has 4 heterocycles. The molecular formula is C29H38O9. The van der Waals surface area contributed by atoms with Crippen molar-refractivity contribution in [2.75, 3.05) is 13.2 Å². The third kappa shape index (κ3) is 6.01. The Kier molecular flexibility index (Phi) is 9.71. The molecule has 0 aromatic heterocycles. The Morgan fingerprint density at radius 1 is 1.11 bits per heavy atom. The van der Waals surface area contributed by atoms with Crippen LogP contribution in [0, 0.1) is 23.9 Å². The van der Waals surface area contributed by atoms with Crippen LogP contribution in [0.4, 0.5) is 0 Å². The van der Waals surface area contributed by atoms with Gasteiger partial charge in [0.15, 0.2) is 5.60 Å². The normalized spacial score (nSPS) is 36.3. The molecule has 5 rings (SSSR count). The summed E-state index contributed by atoms with van der Waals surface area (Å²) in [6, 6.07) is 7.36. The van der Waals surface area contributed by atoms with E-state index >= 15 is 0 Å². The Morgan fingerprint density at radius 2 is 1.89 bits per heavy atom. The minimum atomic E-state index is -1.59. The van der Waals surface area contributed by atoms with Crippen molar-refractivity contribution in [2.45, 2.75) is 80.9 Å². The van der Waals surface area contributed by atoms with Gasteiger partial charge in [-0.3, -0.25) is 0 Å². The van der Waals surface area contributed by atoms with Gasteiger partial charge in [-0.25, -0.2) is 0 Å². The van der Waals surface area contributed by atoms with Crippen LogP contribution in [0.15, 0.2) is 49.3 Å². The third-order valence-corrected chi connectivity index (χ3v) is 7.67. The summed E-state index contributed by atoms with van der Waals surface area (Å²) >= 11 is 0. The molecule has 0 amide bonds. The average molecular weight is 531 g/mol. The lowest BCUT2D eigenvalue weighted by molar-refractivity contribution is -0.333. The molecule has 9 atom stereocenters. The molecule has 38 heavy (non-hydrogen) atoms. The van der Waals surface area contributed by atoms with Crippen LogP contribution in [0.5, 0.6) is 5.75 Å². The van der Waals surface area contributed by atoms with Gasteiger partial charge < -0.3 is 44.5 Å². The number of allylic oxidation sites excluding steroid dienone is 2. The quantitative estimate of drug-likeness (QED) is 0.237. The highest BCUT2D eigenvalue weighted by Crippen LogP contribution is 2.45. The summed E-state index contributed by atoms with van der Waals surface area (Å²) in [5, 5.41) is 53.2. The molecule has 9 heteroatoms. The van der Waals surface area contributed by atoms with E-state index in [9.17, 15) is 25.5 Å². The van der Waals surface area contributed by atoms with E-state index in [4.69, 9.17) is 18.9 Å². The molecule has 0 unspecified atom stereocenters. The predicted molar refractivity (Wildman–Crippen MR) is 137 cm³/mol. The molecule has 1 aromatic rings. The second-order valence-electron chi connectivity index (χ2n) is 10.1. The molecular weight excluding hydrogens is 492 g/mol. The zero-order valence-electron chi connectivity index (χ0n) is 21.4. The lowest BCUT2D eigenvalue weighted by Crippen LogP contribution is -2.70. The van der Waals surface area contributed by atoms with Crippen LogP contribution in [0.25, 0.3) is 0 Å². The molecule has 0 saturated carbocycles. The van der Waals surface area contributed by atoms with Gasteiger partial charge >= 0.3 is 0 Å². The number of ether oxygens (including phenoxy) is 4. The number of fused-ring (bicyclic) bond motifs is 6. The van der Waals surface area contributed by atoms with Gasteiger partial charge in [0.1, 0.15) is 36.3 Å². The smallest absolute Gasteiger partial charge is 0.243 e. The molecule has 4 aliphatic rings. The van der Waals surface area contributed by atoms with E-state index in [1.807, 2.05) is 12.1 Å². The van der Waals surface area contributed by atoms with Crippen LogP contribution in [-0.2, 0) is 20.6 Å². The van der Waals surface area contributed by atoms with Crippen LogP contribution in [0.2, 0.25) is 0 Å². The van der Waals surface area contributed by atoms with Crippen molar-refractivity contribution >= 4 is 0 Å². The first-order valence-electron chi connectivity index (χ1n) is 13.2. The van der Waals surface area contributed by atoms with Gasteiger partial charge in [0.25, 0.3) is 0 Å². The van der Waals surface area contributed by atoms with Crippen molar-refractivity contribution in [3.63, 3.8) is 0 Å². The summed E-state index contributed by atoms with van der Waals surface area (Å²) in [7, 11) is 0. The van der Waals surface area contributed by atoms with Crippen molar-refractivity contribution in [3.8, 4) is 17.8 Å². The Balaban J connectivity index is 1.77. The summed E-state index contributed by atoms with van der Waals surface area (Å²) < 4.78 is 24.6. The van der Waals surface area contributed by atoms with E-state index in [1.54, 1.807) is 24.3 Å². The van der Waals surface area contributed by atoms with Gasteiger partial charge in [-0.15, -0.1) is 6.58 Å². The highest BCUT2D eigenvalue weighted by molar-refractivity contribution is 5.29. The van der Waals surface area contributed by atoms with Crippen LogP contribution in [-0.4, -0.2) is 81.2 Å². The van der Waals surface area contributed by atoms with Gasteiger partial charge in [-0.2, -0.15) is 0 Å². The van der Waals surface area contributed by atoms with E-state index in [2.05, 4.69) is 18.6 Å². The number of aliphatic hydroxyl groups excluding tert-OH is 5. The molecule has 5 N–H and O–H groups in total. The molecule has 1 aromatic carbocycles. The van der Waals surface area contributed by atoms with Crippen LogP contribution >= 0.6 is 0 Å². The maximum atomic E-state index is 11.6. The molecule has 1 fully saturated rings. The third-order valence-electron chi connectivity index (χ3n) is 7.67. The van der Waals surface area contributed by atoms with E-state index < -0.39 is 48.3 Å². The number of benzene rings is 1. The van der Waals surface area contributed by atoms with E-state index in [0.717, 1.165) is 5.56 Å². The fourth-order valence-corrected chi connectivity index (χ4v) is 5.57. The summed E-state index contributed by atoms with van der Waals surface area (Å²) in [5.41, 5.74) is -0.544. The molecule has 0 aliphatic carbocycles. The highest BCUT2D eigenvalue weighted by atomic mass is 16.7. The van der Waals surface area contributed by atoms with Crippen LogP contribution in [0.1, 0.15) is 37.7 Å². The number of rotatable bonds is 9. The Morgan fingerprint density at radius 3 is 2.61 bits per heavy atom. The first-order valence-corrected chi connectivity index (χ1v) is 13.2.